The first-order valence-corrected chi connectivity index (χ1v) is 5.58. The lowest BCUT2D eigenvalue weighted by Gasteiger charge is -2.25. The lowest BCUT2D eigenvalue weighted by molar-refractivity contribution is -0.172. The Morgan fingerprint density at radius 3 is 2.06 bits per heavy atom. The van der Waals surface area contributed by atoms with E-state index in [4.69, 9.17) is 9.57 Å². The van der Waals surface area contributed by atoms with Crippen molar-refractivity contribution >= 4 is 12.0 Å². The van der Waals surface area contributed by atoms with E-state index in [1.807, 2.05) is 13.8 Å². The molecule has 100 valence electrons. The molecule has 0 rings (SSSR count). The SMILES string of the molecule is CON(C)C(=O)[C@@H](NC(=O)OC(C)C)C(C)C. The van der Waals surface area contributed by atoms with Crippen LogP contribution in [0.25, 0.3) is 0 Å². The molecule has 0 aliphatic heterocycles. The molecule has 0 aromatic heterocycles. The number of carbonyl (C=O) groups is 2. The Morgan fingerprint density at radius 2 is 1.71 bits per heavy atom. The molecule has 0 saturated heterocycles. The summed E-state index contributed by atoms with van der Waals surface area (Å²) in [5.41, 5.74) is 0. The van der Waals surface area contributed by atoms with Crippen molar-refractivity contribution in [3.63, 3.8) is 0 Å². The van der Waals surface area contributed by atoms with Gasteiger partial charge in [-0.1, -0.05) is 13.8 Å². The highest BCUT2D eigenvalue weighted by molar-refractivity contribution is 5.85. The van der Waals surface area contributed by atoms with Crippen molar-refractivity contribution in [3.05, 3.63) is 0 Å². The van der Waals surface area contributed by atoms with Crippen LogP contribution in [0.3, 0.4) is 0 Å². The van der Waals surface area contributed by atoms with Gasteiger partial charge in [-0.05, 0) is 19.8 Å². The van der Waals surface area contributed by atoms with Crippen LogP contribution < -0.4 is 5.32 Å². The summed E-state index contributed by atoms with van der Waals surface area (Å²) in [6, 6.07) is -0.661. The Labute approximate surface area is 102 Å². The van der Waals surface area contributed by atoms with E-state index in [-0.39, 0.29) is 17.9 Å². The number of hydrogen-bond donors (Lipinski definition) is 1. The van der Waals surface area contributed by atoms with E-state index in [0.29, 0.717) is 0 Å². The smallest absolute Gasteiger partial charge is 0.408 e. The Hall–Kier alpha value is -1.30. The lowest BCUT2D eigenvalue weighted by Crippen LogP contribution is -2.50. The zero-order valence-electron chi connectivity index (χ0n) is 11.3. The third-order valence-electron chi connectivity index (χ3n) is 2.13. The fourth-order valence-corrected chi connectivity index (χ4v) is 1.17. The van der Waals surface area contributed by atoms with Gasteiger partial charge < -0.3 is 10.1 Å². The summed E-state index contributed by atoms with van der Waals surface area (Å²) in [6.07, 6.45) is -0.824. The van der Waals surface area contributed by atoms with E-state index in [2.05, 4.69) is 5.32 Å². The highest BCUT2D eigenvalue weighted by atomic mass is 16.7. The molecule has 0 bridgehead atoms. The molecule has 6 heteroatoms. The van der Waals surface area contributed by atoms with Gasteiger partial charge in [0.2, 0.25) is 0 Å². The van der Waals surface area contributed by atoms with Gasteiger partial charge in [0.15, 0.2) is 0 Å². The maximum Gasteiger partial charge on any atom is 0.408 e. The summed E-state index contributed by atoms with van der Waals surface area (Å²) >= 11 is 0. The predicted octanol–water partition coefficient (Wildman–Crippen LogP) is 1.17. The molecule has 2 amide bonds. The van der Waals surface area contributed by atoms with Crippen LogP contribution in [0.1, 0.15) is 27.7 Å². The van der Waals surface area contributed by atoms with Crippen molar-refractivity contribution in [1.29, 1.82) is 0 Å². The van der Waals surface area contributed by atoms with Crippen molar-refractivity contribution in [2.75, 3.05) is 14.2 Å². The molecule has 17 heavy (non-hydrogen) atoms. The van der Waals surface area contributed by atoms with E-state index in [0.717, 1.165) is 5.06 Å². The van der Waals surface area contributed by atoms with Crippen LogP contribution in [0, 0.1) is 5.92 Å². The number of hydrogen-bond acceptors (Lipinski definition) is 4. The highest BCUT2D eigenvalue weighted by Crippen LogP contribution is 2.06. The second-order valence-electron chi connectivity index (χ2n) is 4.34. The number of nitrogens with one attached hydrogen (secondary N) is 1. The predicted molar refractivity (Wildman–Crippen MR) is 63.2 cm³/mol. The Morgan fingerprint density at radius 1 is 1.18 bits per heavy atom. The first kappa shape index (κ1) is 15.7. The van der Waals surface area contributed by atoms with Crippen LogP contribution in [-0.4, -0.2) is 43.4 Å². The zero-order valence-corrected chi connectivity index (χ0v) is 11.3. The summed E-state index contributed by atoms with van der Waals surface area (Å²) in [5, 5.41) is 3.61. The molecule has 0 saturated carbocycles. The second kappa shape index (κ2) is 7.11. The zero-order chi connectivity index (χ0) is 13.6. The van der Waals surface area contributed by atoms with Gasteiger partial charge in [-0.25, -0.2) is 9.86 Å². The molecule has 0 radical (unpaired) electrons. The Kier molecular flexibility index (Phi) is 6.57. The molecule has 6 nitrogen and oxygen atoms in total. The molecular weight excluding hydrogens is 224 g/mol. The minimum Gasteiger partial charge on any atom is -0.447 e. The first-order valence-electron chi connectivity index (χ1n) is 5.58. The van der Waals surface area contributed by atoms with Gasteiger partial charge in [0.1, 0.15) is 6.04 Å². The van der Waals surface area contributed by atoms with E-state index in [9.17, 15) is 9.59 Å². The van der Waals surface area contributed by atoms with Crippen molar-refractivity contribution in [2.45, 2.75) is 39.8 Å². The largest absolute Gasteiger partial charge is 0.447 e. The average Bonchev–Trinajstić information content (AvgIpc) is 2.22. The lowest BCUT2D eigenvalue weighted by atomic mass is 10.0. The summed E-state index contributed by atoms with van der Waals surface area (Å²) in [4.78, 5) is 28.1. The number of ether oxygens (including phenoxy) is 1. The second-order valence-corrected chi connectivity index (χ2v) is 4.34. The van der Waals surface area contributed by atoms with E-state index in [1.165, 1.54) is 14.2 Å². The fourth-order valence-electron chi connectivity index (χ4n) is 1.17. The normalized spacial score (nSPS) is 12.5. The monoisotopic (exact) mass is 246 g/mol. The van der Waals surface area contributed by atoms with Crippen molar-refractivity contribution < 1.29 is 19.2 Å². The van der Waals surface area contributed by atoms with Crippen molar-refractivity contribution in [2.24, 2.45) is 5.92 Å². The van der Waals surface area contributed by atoms with Gasteiger partial charge in [0.05, 0.1) is 13.2 Å². The molecule has 0 fully saturated rings. The van der Waals surface area contributed by atoms with Gasteiger partial charge in [0.25, 0.3) is 5.91 Å². The highest BCUT2D eigenvalue weighted by Gasteiger charge is 2.27. The van der Waals surface area contributed by atoms with Crippen LogP contribution in [0.15, 0.2) is 0 Å². The maximum absolute atomic E-state index is 11.9. The molecule has 0 aliphatic rings. The molecule has 0 aromatic rings. The quantitative estimate of drug-likeness (QED) is 0.739. The third kappa shape index (κ3) is 5.53. The standard InChI is InChI=1S/C11H22N2O4/c1-7(2)9(10(14)13(5)16-6)12-11(15)17-8(3)4/h7-9H,1-6H3,(H,12,15)/t9-/m0/s1. The average molecular weight is 246 g/mol. The number of likely N-dealkylation sites (N-methyl/N-ethyl adjacent to an activating group) is 1. The van der Waals surface area contributed by atoms with Crippen LogP contribution in [0.4, 0.5) is 4.79 Å². The van der Waals surface area contributed by atoms with Gasteiger partial charge in [-0.3, -0.25) is 9.63 Å². The summed E-state index contributed by atoms with van der Waals surface area (Å²) in [6.45, 7) is 7.16. The number of nitrogens with zero attached hydrogens (tertiary/aromatic N) is 1. The van der Waals surface area contributed by atoms with E-state index in [1.54, 1.807) is 13.8 Å². The molecule has 1 N–H and O–H groups in total. The Balaban J connectivity index is 4.54. The summed E-state index contributed by atoms with van der Waals surface area (Å²) in [5.74, 6) is -0.372. The van der Waals surface area contributed by atoms with E-state index < -0.39 is 12.1 Å². The number of hydroxylamine groups is 2. The first-order chi connectivity index (χ1) is 7.79. The van der Waals surface area contributed by atoms with Gasteiger partial charge in [-0.2, -0.15) is 0 Å². The summed E-state index contributed by atoms with van der Waals surface area (Å²) in [7, 11) is 2.88. The Bertz CT molecular complexity index is 266. The molecule has 0 spiro atoms. The van der Waals surface area contributed by atoms with Crippen molar-refractivity contribution in [1.82, 2.24) is 10.4 Å². The third-order valence-corrected chi connectivity index (χ3v) is 2.13. The van der Waals surface area contributed by atoms with Crippen LogP contribution in [0.2, 0.25) is 0 Å². The molecule has 0 aromatic carbocycles. The molecular formula is C11H22N2O4. The van der Waals surface area contributed by atoms with Gasteiger partial charge in [0, 0.05) is 7.05 Å². The van der Waals surface area contributed by atoms with Crippen molar-refractivity contribution in [3.8, 4) is 0 Å². The van der Waals surface area contributed by atoms with Gasteiger partial charge >= 0.3 is 6.09 Å². The molecule has 1 atom stereocenters. The number of alkyl carbamates (subject to hydrolysis) is 1. The molecule has 0 aliphatic carbocycles. The number of rotatable bonds is 5. The van der Waals surface area contributed by atoms with Crippen LogP contribution in [0.5, 0.6) is 0 Å². The van der Waals surface area contributed by atoms with Crippen LogP contribution in [-0.2, 0) is 14.4 Å². The molecule has 0 heterocycles. The minimum atomic E-state index is -0.661. The minimum absolute atomic E-state index is 0.0557. The molecule has 0 unspecified atom stereocenters. The van der Waals surface area contributed by atoms with Gasteiger partial charge in [-0.15, -0.1) is 0 Å². The summed E-state index contributed by atoms with van der Waals surface area (Å²) < 4.78 is 4.93. The van der Waals surface area contributed by atoms with E-state index >= 15 is 0 Å². The maximum atomic E-state index is 11.9. The van der Waals surface area contributed by atoms with Crippen LogP contribution >= 0.6 is 0 Å². The number of carbonyl (C=O) groups excluding carboxylic acids is 2. The number of amides is 2. The fraction of sp³-hybridized carbons (Fsp3) is 0.818. The topological polar surface area (TPSA) is 67.9 Å².